The molecule has 0 radical (unpaired) electrons. The molecule has 3 rings (SSSR count). The fraction of sp³-hybridized carbons (Fsp3) is 0.368. The van der Waals surface area contributed by atoms with Gasteiger partial charge in [0, 0.05) is 31.6 Å². The predicted octanol–water partition coefficient (Wildman–Crippen LogP) is 2.65. The molecule has 2 aromatic rings. The van der Waals surface area contributed by atoms with Gasteiger partial charge in [-0.3, -0.25) is 9.59 Å². The largest absolute Gasteiger partial charge is 0.453 e. The molecular formula is C19H21ClN2O4. The number of amides is 2. The van der Waals surface area contributed by atoms with Gasteiger partial charge in [0.2, 0.25) is 5.91 Å². The normalized spacial score (nSPS) is 16.9. The van der Waals surface area contributed by atoms with E-state index in [2.05, 4.69) is 5.32 Å². The zero-order valence-corrected chi connectivity index (χ0v) is 15.3. The average Bonchev–Trinajstić information content (AvgIpc) is 3.20. The molecule has 138 valence electrons. The van der Waals surface area contributed by atoms with Crippen LogP contribution in [0.1, 0.15) is 28.3 Å². The second-order valence-corrected chi connectivity index (χ2v) is 6.73. The van der Waals surface area contributed by atoms with Crippen LogP contribution in [0.25, 0.3) is 0 Å². The third kappa shape index (κ3) is 4.65. The maximum absolute atomic E-state index is 12.3. The van der Waals surface area contributed by atoms with Gasteiger partial charge in [-0.2, -0.15) is 0 Å². The summed E-state index contributed by atoms with van der Waals surface area (Å²) in [6, 6.07) is 10.7. The molecule has 1 aromatic carbocycles. The van der Waals surface area contributed by atoms with E-state index >= 15 is 0 Å². The zero-order valence-electron chi connectivity index (χ0n) is 14.5. The van der Waals surface area contributed by atoms with Crippen LogP contribution in [-0.2, 0) is 22.6 Å². The maximum atomic E-state index is 12.3. The van der Waals surface area contributed by atoms with Crippen LogP contribution in [0.15, 0.2) is 40.8 Å². The highest BCUT2D eigenvalue weighted by molar-refractivity contribution is 6.30. The third-order valence-electron chi connectivity index (χ3n) is 4.28. The van der Waals surface area contributed by atoms with Crippen LogP contribution < -0.4 is 5.32 Å². The zero-order chi connectivity index (χ0) is 18.5. The fourth-order valence-electron chi connectivity index (χ4n) is 3.02. The highest BCUT2D eigenvalue weighted by Gasteiger charge is 2.31. The standard InChI is InChI=1S/C19H21ClN2O4/c1-25-12-16-5-6-17(26-16)19(24)21-15-10-18(23)22(11-15)8-7-13-3-2-4-14(20)9-13/h2-6,9,15H,7-8,10-12H2,1H3,(H,21,24). The molecule has 1 atom stereocenters. The summed E-state index contributed by atoms with van der Waals surface area (Å²) in [6.45, 7) is 1.41. The molecule has 0 aliphatic carbocycles. The Balaban J connectivity index is 1.51. The lowest BCUT2D eigenvalue weighted by Crippen LogP contribution is -2.37. The first-order valence-corrected chi connectivity index (χ1v) is 8.83. The Kier molecular flexibility index (Phi) is 5.96. The van der Waals surface area contributed by atoms with Crippen LogP contribution >= 0.6 is 11.6 Å². The quantitative estimate of drug-likeness (QED) is 0.806. The predicted molar refractivity (Wildman–Crippen MR) is 97.0 cm³/mol. The van der Waals surface area contributed by atoms with E-state index in [1.165, 1.54) is 0 Å². The Morgan fingerprint density at radius 1 is 1.38 bits per heavy atom. The summed E-state index contributed by atoms with van der Waals surface area (Å²) in [5, 5.41) is 3.55. The van der Waals surface area contributed by atoms with Gasteiger partial charge in [0.05, 0.1) is 6.04 Å². The van der Waals surface area contributed by atoms with Gasteiger partial charge in [0.25, 0.3) is 5.91 Å². The lowest BCUT2D eigenvalue weighted by atomic mass is 10.1. The number of rotatable bonds is 7. The van der Waals surface area contributed by atoms with Crippen molar-refractivity contribution < 1.29 is 18.7 Å². The monoisotopic (exact) mass is 376 g/mol. The highest BCUT2D eigenvalue weighted by atomic mass is 35.5. The van der Waals surface area contributed by atoms with Crippen molar-refractivity contribution >= 4 is 23.4 Å². The average molecular weight is 377 g/mol. The topological polar surface area (TPSA) is 71.8 Å². The first-order valence-electron chi connectivity index (χ1n) is 8.46. The molecule has 26 heavy (non-hydrogen) atoms. The lowest BCUT2D eigenvalue weighted by Gasteiger charge is -2.17. The van der Waals surface area contributed by atoms with Gasteiger partial charge in [0.15, 0.2) is 5.76 Å². The van der Waals surface area contributed by atoms with Crippen LogP contribution in [-0.4, -0.2) is 43.0 Å². The SMILES string of the molecule is COCc1ccc(C(=O)NC2CC(=O)N(CCc3cccc(Cl)c3)C2)o1. The van der Waals surface area contributed by atoms with Crippen molar-refractivity contribution in [1.82, 2.24) is 10.2 Å². The molecule has 7 heteroatoms. The van der Waals surface area contributed by atoms with Crippen LogP contribution in [0, 0.1) is 0 Å². The minimum atomic E-state index is -0.318. The number of halogens is 1. The van der Waals surface area contributed by atoms with E-state index in [4.69, 9.17) is 20.8 Å². The first-order chi connectivity index (χ1) is 12.5. The number of ether oxygens (including phenoxy) is 1. The van der Waals surface area contributed by atoms with Crippen LogP contribution in [0.4, 0.5) is 0 Å². The summed E-state index contributed by atoms with van der Waals surface area (Å²) >= 11 is 5.98. The van der Waals surface area contributed by atoms with Crippen molar-refractivity contribution in [1.29, 1.82) is 0 Å². The van der Waals surface area contributed by atoms with Crippen molar-refractivity contribution in [3.8, 4) is 0 Å². The van der Waals surface area contributed by atoms with Gasteiger partial charge in [-0.1, -0.05) is 23.7 Å². The molecule has 0 spiro atoms. The Labute approximate surface area is 157 Å². The summed E-state index contributed by atoms with van der Waals surface area (Å²) in [5.41, 5.74) is 1.08. The molecule has 0 saturated carbocycles. The molecule has 1 aliphatic heterocycles. The summed E-state index contributed by atoms with van der Waals surface area (Å²) in [6.07, 6.45) is 1.03. The first kappa shape index (κ1) is 18.5. The number of nitrogens with one attached hydrogen (secondary N) is 1. The number of methoxy groups -OCH3 is 1. The Bertz CT molecular complexity index is 789. The van der Waals surface area contributed by atoms with E-state index in [1.807, 2.05) is 24.3 Å². The van der Waals surface area contributed by atoms with Gasteiger partial charge in [0.1, 0.15) is 12.4 Å². The van der Waals surface area contributed by atoms with Gasteiger partial charge in [-0.25, -0.2) is 0 Å². The van der Waals surface area contributed by atoms with Crippen molar-refractivity contribution in [3.05, 3.63) is 58.5 Å². The second kappa shape index (κ2) is 8.38. The maximum Gasteiger partial charge on any atom is 0.287 e. The van der Waals surface area contributed by atoms with E-state index in [0.29, 0.717) is 36.9 Å². The molecule has 0 bridgehead atoms. The summed E-state index contributed by atoms with van der Waals surface area (Å²) in [5.74, 6) is 0.531. The van der Waals surface area contributed by atoms with E-state index in [9.17, 15) is 9.59 Å². The van der Waals surface area contributed by atoms with E-state index in [1.54, 1.807) is 24.1 Å². The van der Waals surface area contributed by atoms with Crippen molar-refractivity contribution in [3.63, 3.8) is 0 Å². The number of hydrogen-bond acceptors (Lipinski definition) is 4. The molecule has 1 N–H and O–H groups in total. The van der Waals surface area contributed by atoms with Crippen molar-refractivity contribution in [2.24, 2.45) is 0 Å². The number of carbonyl (C=O) groups excluding carboxylic acids is 2. The van der Waals surface area contributed by atoms with Gasteiger partial charge in [-0.15, -0.1) is 0 Å². The summed E-state index contributed by atoms with van der Waals surface area (Å²) < 4.78 is 10.4. The molecule has 1 aromatic heterocycles. The van der Waals surface area contributed by atoms with Gasteiger partial charge < -0.3 is 19.4 Å². The van der Waals surface area contributed by atoms with Crippen molar-refractivity contribution in [2.45, 2.75) is 25.5 Å². The third-order valence-corrected chi connectivity index (χ3v) is 4.52. The minimum Gasteiger partial charge on any atom is -0.453 e. The van der Waals surface area contributed by atoms with Crippen LogP contribution in [0.3, 0.4) is 0 Å². The summed E-state index contributed by atoms with van der Waals surface area (Å²) in [7, 11) is 1.56. The number of likely N-dealkylation sites (tertiary alicyclic amines) is 1. The molecule has 1 saturated heterocycles. The Morgan fingerprint density at radius 3 is 3.00 bits per heavy atom. The van der Waals surface area contributed by atoms with E-state index in [0.717, 1.165) is 12.0 Å². The number of hydrogen-bond donors (Lipinski definition) is 1. The number of carbonyl (C=O) groups is 2. The van der Waals surface area contributed by atoms with E-state index in [-0.39, 0.29) is 23.6 Å². The molecule has 6 nitrogen and oxygen atoms in total. The Hall–Kier alpha value is -2.31. The molecule has 1 unspecified atom stereocenters. The fourth-order valence-corrected chi connectivity index (χ4v) is 3.23. The molecule has 2 amide bonds. The van der Waals surface area contributed by atoms with Crippen molar-refractivity contribution in [2.75, 3.05) is 20.2 Å². The number of furan rings is 1. The number of nitrogens with zero attached hydrogens (tertiary/aromatic N) is 1. The van der Waals surface area contributed by atoms with E-state index < -0.39 is 0 Å². The molecular weight excluding hydrogens is 356 g/mol. The molecule has 1 aliphatic rings. The molecule has 1 fully saturated rings. The minimum absolute atomic E-state index is 0.0387. The van der Waals surface area contributed by atoms with Crippen LogP contribution in [0.5, 0.6) is 0 Å². The number of benzene rings is 1. The molecule has 2 heterocycles. The summed E-state index contributed by atoms with van der Waals surface area (Å²) in [4.78, 5) is 26.2. The second-order valence-electron chi connectivity index (χ2n) is 6.29. The van der Waals surface area contributed by atoms with Gasteiger partial charge >= 0.3 is 0 Å². The van der Waals surface area contributed by atoms with Crippen LogP contribution in [0.2, 0.25) is 5.02 Å². The van der Waals surface area contributed by atoms with Gasteiger partial charge in [-0.05, 0) is 36.2 Å². The lowest BCUT2D eigenvalue weighted by molar-refractivity contribution is -0.127. The smallest absolute Gasteiger partial charge is 0.287 e. The highest BCUT2D eigenvalue weighted by Crippen LogP contribution is 2.16. The Morgan fingerprint density at radius 2 is 2.23 bits per heavy atom.